The number of hydrogen-bond donors (Lipinski definition) is 3. The second-order valence-electron chi connectivity index (χ2n) is 7.57. The van der Waals surface area contributed by atoms with Gasteiger partial charge in [-0.1, -0.05) is 12.6 Å². The molecule has 5 aromatic heterocycles. The predicted octanol–water partition coefficient (Wildman–Crippen LogP) is 6.26. The van der Waals surface area contributed by atoms with Crippen molar-refractivity contribution < 1.29 is 0 Å². The van der Waals surface area contributed by atoms with E-state index >= 15 is 0 Å². The average molecular weight is 423 g/mol. The second-order valence-corrected chi connectivity index (χ2v) is 8.65. The van der Waals surface area contributed by atoms with Crippen molar-refractivity contribution in [2.75, 3.05) is 0 Å². The van der Waals surface area contributed by atoms with E-state index in [4.69, 9.17) is 0 Å². The maximum absolute atomic E-state index is 4.68. The van der Waals surface area contributed by atoms with Gasteiger partial charge in [-0.3, -0.25) is 15.2 Å². The zero-order valence-electron chi connectivity index (χ0n) is 16.7. The Morgan fingerprint density at radius 1 is 0.968 bits per heavy atom. The molecule has 0 aliphatic rings. The number of H-pyrrole nitrogens is 3. The van der Waals surface area contributed by atoms with Gasteiger partial charge in [0.05, 0.1) is 28.0 Å². The highest BCUT2D eigenvalue weighted by atomic mass is 32.1. The molecular formula is C24H18N6S. The molecule has 0 saturated heterocycles. The van der Waals surface area contributed by atoms with Crippen LogP contribution in [0, 0.1) is 0 Å². The molecule has 6 rings (SSSR count). The number of nitrogens with zero attached hydrogens (tertiary/aromatic N) is 3. The zero-order valence-corrected chi connectivity index (χ0v) is 17.5. The Morgan fingerprint density at radius 2 is 1.87 bits per heavy atom. The molecule has 0 fully saturated rings. The van der Waals surface area contributed by atoms with Crippen molar-refractivity contribution in [3.05, 3.63) is 72.5 Å². The normalized spacial score (nSPS) is 11.5. The Labute approximate surface area is 181 Å². The molecule has 0 radical (unpaired) electrons. The number of benzene rings is 1. The van der Waals surface area contributed by atoms with Crippen molar-refractivity contribution in [2.24, 2.45) is 0 Å². The minimum Gasteiger partial charge on any atom is -0.353 e. The fourth-order valence-corrected chi connectivity index (χ4v) is 4.82. The molecular weight excluding hydrogens is 404 g/mol. The first kappa shape index (κ1) is 17.9. The molecule has 0 aliphatic carbocycles. The van der Waals surface area contributed by atoms with Gasteiger partial charge in [0.15, 0.2) is 0 Å². The number of hydrogen-bond acceptors (Lipinski definition) is 4. The number of thiophene rings is 1. The lowest BCUT2D eigenvalue weighted by Gasteiger charge is -1.99. The van der Waals surface area contributed by atoms with Crippen molar-refractivity contribution in [2.45, 2.75) is 6.92 Å². The summed E-state index contributed by atoms with van der Waals surface area (Å²) in [5.41, 5.74) is 8.03. The molecule has 0 aliphatic heterocycles. The van der Waals surface area contributed by atoms with Gasteiger partial charge in [-0.2, -0.15) is 10.2 Å². The van der Waals surface area contributed by atoms with E-state index in [1.165, 1.54) is 4.88 Å². The van der Waals surface area contributed by atoms with E-state index in [2.05, 4.69) is 73.3 Å². The van der Waals surface area contributed by atoms with Gasteiger partial charge in [0.25, 0.3) is 0 Å². The van der Waals surface area contributed by atoms with Crippen molar-refractivity contribution in [1.82, 2.24) is 30.4 Å². The van der Waals surface area contributed by atoms with Gasteiger partial charge in [-0.05, 0) is 54.5 Å². The highest BCUT2D eigenvalue weighted by Gasteiger charge is 2.16. The van der Waals surface area contributed by atoms with E-state index in [-0.39, 0.29) is 0 Å². The van der Waals surface area contributed by atoms with Crippen LogP contribution in [0.3, 0.4) is 0 Å². The van der Waals surface area contributed by atoms with Crippen LogP contribution in [0.15, 0.2) is 67.6 Å². The van der Waals surface area contributed by atoms with E-state index < -0.39 is 0 Å². The Morgan fingerprint density at radius 3 is 2.68 bits per heavy atom. The maximum atomic E-state index is 4.68. The third kappa shape index (κ3) is 2.90. The molecule has 0 amide bonds. The van der Waals surface area contributed by atoms with Crippen molar-refractivity contribution in [1.29, 1.82) is 0 Å². The fraction of sp³-hybridized carbons (Fsp3) is 0.0417. The van der Waals surface area contributed by atoms with Gasteiger partial charge in [0.1, 0.15) is 5.69 Å². The SMILES string of the molecule is C=C(C)c1ccc(-c2nccc3[nH]c(-c4n[nH]c5ccc(-c6cn[nH]c6)cc45)cc23)s1. The average Bonchev–Trinajstić information content (AvgIpc) is 3.58. The van der Waals surface area contributed by atoms with E-state index in [0.29, 0.717) is 0 Å². The molecule has 1 aromatic carbocycles. The minimum absolute atomic E-state index is 0.885. The first-order valence-electron chi connectivity index (χ1n) is 9.89. The van der Waals surface area contributed by atoms with E-state index in [9.17, 15) is 0 Å². The quantitative estimate of drug-likeness (QED) is 0.313. The van der Waals surface area contributed by atoms with E-state index in [0.717, 1.165) is 60.5 Å². The smallest absolute Gasteiger partial charge is 0.116 e. The molecule has 0 bridgehead atoms. The number of rotatable bonds is 4. The molecule has 7 heteroatoms. The van der Waals surface area contributed by atoms with Gasteiger partial charge < -0.3 is 4.98 Å². The highest BCUT2D eigenvalue weighted by Crippen LogP contribution is 2.37. The summed E-state index contributed by atoms with van der Waals surface area (Å²) in [5, 5.41) is 16.8. The Bertz CT molecular complexity index is 1560. The van der Waals surface area contributed by atoms with Gasteiger partial charge >= 0.3 is 0 Å². The maximum Gasteiger partial charge on any atom is 0.116 e. The van der Waals surface area contributed by atoms with E-state index in [1.807, 2.05) is 31.6 Å². The topological polar surface area (TPSA) is 86.0 Å². The van der Waals surface area contributed by atoms with Crippen molar-refractivity contribution >= 4 is 38.7 Å². The highest BCUT2D eigenvalue weighted by molar-refractivity contribution is 7.16. The van der Waals surface area contributed by atoms with Gasteiger partial charge in [0, 0.05) is 39.1 Å². The summed E-state index contributed by atoms with van der Waals surface area (Å²) in [6.07, 6.45) is 5.56. The Balaban J connectivity index is 1.50. The lowest BCUT2D eigenvalue weighted by atomic mass is 10.1. The second kappa shape index (κ2) is 6.78. The van der Waals surface area contributed by atoms with Crippen LogP contribution in [0.1, 0.15) is 11.8 Å². The van der Waals surface area contributed by atoms with Crippen LogP contribution < -0.4 is 0 Å². The van der Waals surface area contributed by atoms with Crippen LogP contribution >= 0.6 is 11.3 Å². The third-order valence-electron chi connectivity index (χ3n) is 5.46. The Hall–Kier alpha value is -3.97. The summed E-state index contributed by atoms with van der Waals surface area (Å²) in [6.45, 7) is 6.08. The summed E-state index contributed by atoms with van der Waals surface area (Å²) < 4.78 is 0. The summed E-state index contributed by atoms with van der Waals surface area (Å²) in [5.74, 6) is 0. The van der Waals surface area contributed by atoms with Crippen molar-refractivity contribution in [3.63, 3.8) is 0 Å². The monoisotopic (exact) mass is 422 g/mol. The lowest BCUT2D eigenvalue weighted by Crippen LogP contribution is -1.80. The van der Waals surface area contributed by atoms with Crippen LogP contribution in [0.4, 0.5) is 0 Å². The molecule has 0 unspecified atom stereocenters. The first-order chi connectivity index (χ1) is 15.2. The Kier molecular flexibility index (Phi) is 3.91. The van der Waals surface area contributed by atoms with Crippen LogP contribution in [0.2, 0.25) is 0 Å². The van der Waals surface area contributed by atoms with Crippen LogP contribution in [-0.2, 0) is 0 Å². The fourth-order valence-electron chi connectivity index (χ4n) is 3.88. The molecule has 0 saturated carbocycles. The van der Waals surface area contributed by atoms with Crippen LogP contribution in [-0.4, -0.2) is 30.4 Å². The summed E-state index contributed by atoms with van der Waals surface area (Å²) in [4.78, 5) is 10.5. The molecule has 5 heterocycles. The number of nitrogens with one attached hydrogen (secondary N) is 3. The molecule has 6 nitrogen and oxygen atoms in total. The molecule has 3 N–H and O–H groups in total. The van der Waals surface area contributed by atoms with E-state index in [1.54, 1.807) is 11.3 Å². The van der Waals surface area contributed by atoms with Crippen LogP contribution in [0.25, 0.3) is 60.5 Å². The number of allylic oxidation sites excluding steroid dienone is 1. The number of pyridine rings is 1. The zero-order chi connectivity index (χ0) is 20.9. The predicted molar refractivity (Wildman–Crippen MR) is 127 cm³/mol. The molecule has 150 valence electrons. The van der Waals surface area contributed by atoms with Gasteiger partial charge in [0.2, 0.25) is 0 Å². The number of aromatic amines is 3. The molecule has 0 spiro atoms. The van der Waals surface area contributed by atoms with Crippen LogP contribution in [0.5, 0.6) is 0 Å². The largest absolute Gasteiger partial charge is 0.353 e. The molecule has 6 aromatic rings. The molecule has 31 heavy (non-hydrogen) atoms. The summed E-state index contributed by atoms with van der Waals surface area (Å²) in [7, 11) is 0. The summed E-state index contributed by atoms with van der Waals surface area (Å²) >= 11 is 1.71. The third-order valence-corrected chi connectivity index (χ3v) is 6.71. The van der Waals surface area contributed by atoms with Crippen molar-refractivity contribution in [3.8, 4) is 33.1 Å². The summed E-state index contributed by atoms with van der Waals surface area (Å²) in [6, 6.07) is 14.6. The number of fused-ring (bicyclic) bond motifs is 2. The lowest BCUT2D eigenvalue weighted by molar-refractivity contribution is 1.09. The van der Waals surface area contributed by atoms with Gasteiger partial charge in [-0.25, -0.2) is 0 Å². The number of aromatic nitrogens is 6. The molecule has 0 atom stereocenters. The first-order valence-corrected chi connectivity index (χ1v) is 10.7. The minimum atomic E-state index is 0.885. The van der Waals surface area contributed by atoms with Gasteiger partial charge in [-0.15, -0.1) is 11.3 Å². The standard InChI is InChI=1S/C24H18N6S/c1-13(2)21-5-6-22(31-21)24-17-10-20(28-18(17)7-8-25-24)23-16-9-14(15-11-26-27-12-15)3-4-19(16)29-30-23/h3-12,28H,1H2,2H3,(H,26,27)(H,29,30).